The highest BCUT2D eigenvalue weighted by molar-refractivity contribution is 7.89. The van der Waals surface area contributed by atoms with Crippen LogP contribution in [0, 0.1) is 12.3 Å². The Labute approximate surface area is 226 Å². The molecule has 3 N–H and O–H groups in total. The molecule has 1 amide bonds. The van der Waals surface area contributed by atoms with Gasteiger partial charge in [-0.1, -0.05) is 0 Å². The first-order valence-corrected chi connectivity index (χ1v) is 14.8. The maximum Gasteiger partial charge on any atom is 0.260 e. The van der Waals surface area contributed by atoms with Crippen molar-refractivity contribution in [3.63, 3.8) is 0 Å². The average Bonchev–Trinajstić information content (AvgIpc) is 3.65. The molecule has 1 aromatic heterocycles. The summed E-state index contributed by atoms with van der Waals surface area (Å²) >= 11 is 0. The molecule has 3 fully saturated rings. The highest BCUT2D eigenvalue weighted by atomic mass is 32.2. The molecular formula is C26H34F2N6O4S. The van der Waals surface area contributed by atoms with Gasteiger partial charge in [0.25, 0.3) is 11.8 Å². The molecule has 5 rings (SSSR count). The normalized spacial score (nSPS) is 20.2. The lowest BCUT2D eigenvalue weighted by Crippen LogP contribution is -2.40. The molecule has 212 valence electrons. The Morgan fingerprint density at radius 1 is 1.00 bits per heavy atom. The number of benzene rings is 1. The van der Waals surface area contributed by atoms with Crippen molar-refractivity contribution in [1.82, 2.24) is 14.7 Å². The molecule has 2 aromatic rings. The summed E-state index contributed by atoms with van der Waals surface area (Å²) in [5.41, 5.74) is 1.75. The number of halogens is 2. The Bertz CT molecular complexity index is 1330. The Morgan fingerprint density at radius 2 is 1.67 bits per heavy atom. The first-order valence-electron chi connectivity index (χ1n) is 13.3. The van der Waals surface area contributed by atoms with Crippen molar-refractivity contribution >= 4 is 33.4 Å². The fourth-order valence-electron chi connectivity index (χ4n) is 5.30. The number of aromatic nitrogens is 2. The van der Waals surface area contributed by atoms with Crippen LogP contribution in [0.3, 0.4) is 0 Å². The molecule has 13 heteroatoms. The second kappa shape index (κ2) is 10.6. The van der Waals surface area contributed by atoms with Gasteiger partial charge in [-0.05, 0) is 56.2 Å². The van der Waals surface area contributed by atoms with Crippen LogP contribution in [0.2, 0.25) is 0 Å². The molecule has 0 atom stereocenters. The van der Waals surface area contributed by atoms with E-state index in [4.69, 9.17) is 5.11 Å². The number of piperidine rings is 2. The number of anilines is 3. The molecule has 0 unspecified atom stereocenters. The highest BCUT2D eigenvalue weighted by Crippen LogP contribution is 2.54. The molecule has 2 saturated heterocycles. The number of aryl methyl sites for hydroxylation is 1. The van der Waals surface area contributed by atoms with Crippen LogP contribution in [0.15, 0.2) is 29.2 Å². The summed E-state index contributed by atoms with van der Waals surface area (Å²) < 4.78 is 55.2. The maximum absolute atomic E-state index is 13.6. The molecule has 39 heavy (non-hydrogen) atoms. The van der Waals surface area contributed by atoms with Crippen LogP contribution in [0.4, 0.5) is 26.2 Å². The number of alkyl halides is 2. The monoisotopic (exact) mass is 564 g/mol. The first-order chi connectivity index (χ1) is 18.5. The first kappa shape index (κ1) is 27.7. The minimum atomic E-state index is -3.88. The van der Waals surface area contributed by atoms with Crippen LogP contribution < -0.4 is 19.8 Å². The Kier molecular flexibility index (Phi) is 7.51. The summed E-state index contributed by atoms with van der Waals surface area (Å²) in [5.74, 6) is -2.66. The second-order valence-electron chi connectivity index (χ2n) is 10.8. The number of nitrogens with one attached hydrogen (secondary N) is 2. The van der Waals surface area contributed by atoms with Gasteiger partial charge in [0.2, 0.25) is 16.0 Å². The lowest BCUT2D eigenvalue weighted by Gasteiger charge is -2.35. The number of amides is 1. The van der Waals surface area contributed by atoms with Crippen LogP contribution in [0.5, 0.6) is 0 Å². The molecule has 3 aliphatic rings. The van der Waals surface area contributed by atoms with Gasteiger partial charge in [0.05, 0.1) is 22.8 Å². The van der Waals surface area contributed by atoms with Gasteiger partial charge in [-0.15, -0.1) is 0 Å². The summed E-state index contributed by atoms with van der Waals surface area (Å²) in [5, 5.41) is 11.8. The summed E-state index contributed by atoms with van der Waals surface area (Å²) in [6.07, 6.45) is 3.84. The lowest BCUT2D eigenvalue weighted by atomic mass is 9.93. The molecule has 1 spiro atoms. The van der Waals surface area contributed by atoms with Crippen LogP contribution >= 0.6 is 0 Å². The van der Waals surface area contributed by atoms with Gasteiger partial charge in [0, 0.05) is 57.3 Å². The van der Waals surface area contributed by atoms with Crippen molar-refractivity contribution in [3.8, 4) is 0 Å². The van der Waals surface area contributed by atoms with Crippen LogP contribution in [0.1, 0.15) is 54.6 Å². The standard InChI is InChI=1S/C26H34F2N6O4S/c1-18-16-22(34-13-8-26(27,28)9-14-34)31-24(30-18)32-23(36)20-3-2-19(39(37,38)29-10-15-35)17-21(20)33-11-6-25(4-5-25)7-12-33/h2-3,16-17,29,35H,4-15H2,1H3,(H,30,31,32,36). The predicted molar refractivity (Wildman–Crippen MR) is 143 cm³/mol. The minimum absolute atomic E-state index is 0.00482. The third kappa shape index (κ3) is 6.30. The minimum Gasteiger partial charge on any atom is -0.395 e. The number of hydrogen-bond acceptors (Lipinski definition) is 8. The van der Waals surface area contributed by atoms with E-state index in [1.807, 2.05) is 4.90 Å². The molecule has 2 aliphatic heterocycles. The third-order valence-electron chi connectivity index (χ3n) is 7.93. The number of rotatable bonds is 8. The Balaban J connectivity index is 1.40. The number of nitrogens with zero attached hydrogens (tertiary/aromatic N) is 4. The quantitative estimate of drug-likeness (QED) is 0.447. The zero-order chi connectivity index (χ0) is 27.8. The van der Waals surface area contributed by atoms with Crippen LogP contribution in [-0.2, 0) is 10.0 Å². The lowest BCUT2D eigenvalue weighted by molar-refractivity contribution is -0.0221. The van der Waals surface area contributed by atoms with Gasteiger partial charge < -0.3 is 14.9 Å². The second-order valence-corrected chi connectivity index (χ2v) is 12.5. The van der Waals surface area contributed by atoms with Gasteiger partial charge in [-0.3, -0.25) is 10.1 Å². The number of carbonyl (C=O) groups excluding carboxylic acids is 1. The highest BCUT2D eigenvalue weighted by Gasteiger charge is 2.44. The molecular weight excluding hydrogens is 530 g/mol. The topological polar surface area (TPSA) is 128 Å². The van der Waals surface area contributed by atoms with E-state index in [0.29, 0.717) is 35.7 Å². The van der Waals surface area contributed by atoms with E-state index < -0.39 is 21.9 Å². The van der Waals surface area contributed by atoms with E-state index in [-0.39, 0.29) is 55.5 Å². The van der Waals surface area contributed by atoms with E-state index >= 15 is 0 Å². The number of hydrogen-bond donors (Lipinski definition) is 3. The van der Waals surface area contributed by atoms with Crippen molar-refractivity contribution in [2.75, 3.05) is 54.4 Å². The largest absolute Gasteiger partial charge is 0.395 e. The summed E-state index contributed by atoms with van der Waals surface area (Å²) in [6, 6.07) is 6.03. The van der Waals surface area contributed by atoms with Crippen molar-refractivity contribution in [2.45, 2.75) is 56.3 Å². The zero-order valence-corrected chi connectivity index (χ0v) is 22.7. The smallest absolute Gasteiger partial charge is 0.260 e. The van der Waals surface area contributed by atoms with E-state index in [1.54, 1.807) is 17.9 Å². The van der Waals surface area contributed by atoms with E-state index in [0.717, 1.165) is 12.8 Å². The van der Waals surface area contributed by atoms with Crippen molar-refractivity contribution < 1.29 is 27.1 Å². The van der Waals surface area contributed by atoms with Gasteiger partial charge >= 0.3 is 0 Å². The molecule has 10 nitrogen and oxygen atoms in total. The average molecular weight is 565 g/mol. The van der Waals surface area contributed by atoms with E-state index in [1.165, 1.54) is 31.0 Å². The fraction of sp³-hybridized carbons (Fsp3) is 0.577. The van der Waals surface area contributed by atoms with Gasteiger partial charge in [0.15, 0.2) is 0 Å². The molecule has 1 aromatic carbocycles. The summed E-state index contributed by atoms with van der Waals surface area (Å²) in [6.45, 7) is 3.00. The Morgan fingerprint density at radius 3 is 2.31 bits per heavy atom. The summed E-state index contributed by atoms with van der Waals surface area (Å²) in [4.78, 5) is 26.1. The van der Waals surface area contributed by atoms with Crippen molar-refractivity contribution in [3.05, 3.63) is 35.5 Å². The third-order valence-corrected chi connectivity index (χ3v) is 9.39. The zero-order valence-electron chi connectivity index (χ0n) is 21.9. The molecule has 0 bridgehead atoms. The van der Waals surface area contributed by atoms with Gasteiger partial charge in [-0.25, -0.2) is 26.9 Å². The fourth-order valence-corrected chi connectivity index (χ4v) is 6.34. The molecule has 3 heterocycles. The number of sulfonamides is 1. The SMILES string of the molecule is Cc1cc(N2CCC(F)(F)CC2)nc(NC(=O)c2ccc(S(=O)(=O)NCCO)cc2N2CCC3(CC2)CC3)n1. The Hall–Kier alpha value is -2.90. The van der Waals surface area contributed by atoms with E-state index in [9.17, 15) is 22.0 Å². The van der Waals surface area contributed by atoms with Crippen LogP contribution in [-0.4, -0.2) is 74.7 Å². The number of aliphatic hydroxyl groups is 1. The van der Waals surface area contributed by atoms with Gasteiger partial charge in [-0.2, -0.15) is 4.98 Å². The van der Waals surface area contributed by atoms with Crippen molar-refractivity contribution in [2.24, 2.45) is 5.41 Å². The van der Waals surface area contributed by atoms with Gasteiger partial charge in [0.1, 0.15) is 5.82 Å². The summed E-state index contributed by atoms with van der Waals surface area (Å²) in [7, 11) is -3.88. The number of carbonyl (C=O) groups is 1. The predicted octanol–water partition coefficient (Wildman–Crippen LogP) is 2.92. The maximum atomic E-state index is 13.6. The van der Waals surface area contributed by atoms with Crippen molar-refractivity contribution in [1.29, 1.82) is 0 Å². The number of aliphatic hydroxyl groups excluding tert-OH is 1. The molecule has 1 saturated carbocycles. The molecule has 1 aliphatic carbocycles. The van der Waals surface area contributed by atoms with Crippen LogP contribution in [0.25, 0.3) is 0 Å². The molecule has 0 radical (unpaired) electrons. The van der Waals surface area contributed by atoms with E-state index in [2.05, 4.69) is 20.0 Å².